The van der Waals surface area contributed by atoms with E-state index < -0.39 is 8.32 Å². The van der Waals surface area contributed by atoms with Gasteiger partial charge in [-0.15, -0.1) is 0 Å². The van der Waals surface area contributed by atoms with E-state index in [1.54, 1.807) is 0 Å². The van der Waals surface area contributed by atoms with Crippen LogP contribution in [0, 0.1) is 0 Å². The zero-order chi connectivity index (χ0) is 16.0. The number of rotatable bonds is 14. The highest BCUT2D eigenvalue weighted by Gasteiger charge is 2.26. The summed E-state index contributed by atoms with van der Waals surface area (Å²) in [4.78, 5) is 2.63. The van der Waals surface area contributed by atoms with Crippen LogP contribution in [-0.2, 0) is 18.6 Å². The van der Waals surface area contributed by atoms with Crippen molar-refractivity contribution in [1.29, 1.82) is 0 Å². The molecule has 0 heterocycles. The van der Waals surface area contributed by atoms with Gasteiger partial charge in [0.1, 0.15) is 0 Å². The van der Waals surface area contributed by atoms with E-state index in [1.807, 2.05) is 0 Å². The van der Waals surface area contributed by atoms with Gasteiger partial charge in [0.25, 0.3) is 0 Å². The first-order chi connectivity index (χ1) is 10.0. The lowest BCUT2D eigenvalue weighted by atomic mass is 10.6. The fourth-order valence-electron chi connectivity index (χ4n) is 1.22. The molecular weight excluding hydrogens is 290 g/mol. The smallest absolute Gasteiger partial charge is 0.189 e. The normalized spacial score (nSPS) is 11.7. The average molecular weight is 319 g/mol. The molecule has 21 heavy (non-hydrogen) atoms. The van der Waals surface area contributed by atoms with Crippen LogP contribution in [0.2, 0.25) is 18.6 Å². The van der Waals surface area contributed by atoms with E-state index in [2.05, 4.69) is 37.0 Å². The first-order valence-electron chi connectivity index (χ1n) is 7.38. The van der Waals surface area contributed by atoms with Crippen LogP contribution in [0.5, 0.6) is 0 Å². The van der Waals surface area contributed by atoms with E-state index >= 15 is 0 Å². The topological polar surface area (TPSA) is 85.7 Å². The molecule has 0 saturated heterocycles. The Labute approximate surface area is 128 Å². The maximum absolute atomic E-state index is 8.06. The highest BCUT2D eigenvalue weighted by molar-refractivity contribution is 6.72. The maximum atomic E-state index is 8.06. The third-order valence-corrected chi connectivity index (χ3v) is 6.96. The summed E-state index contributed by atoms with van der Waals surface area (Å²) in [6.07, 6.45) is 0. The van der Waals surface area contributed by atoms with Crippen LogP contribution in [0.3, 0.4) is 0 Å². The minimum atomic E-state index is -1.54. The lowest BCUT2D eigenvalue weighted by Crippen LogP contribution is -2.35. The maximum Gasteiger partial charge on any atom is 0.189 e. The SMILES string of the molecule is CC(C)[Si](C)(C)OCCOCCOCCOCCN=[N+]=[N-]. The Morgan fingerprint density at radius 3 is 1.86 bits per heavy atom. The second-order valence-corrected chi connectivity index (χ2v) is 10.0. The highest BCUT2D eigenvalue weighted by Crippen LogP contribution is 2.20. The second-order valence-electron chi connectivity index (χ2n) is 5.40. The molecule has 8 heteroatoms. The number of ether oxygens (including phenoxy) is 3. The largest absolute Gasteiger partial charge is 0.415 e. The van der Waals surface area contributed by atoms with Gasteiger partial charge in [0.15, 0.2) is 8.32 Å². The molecule has 0 aromatic heterocycles. The van der Waals surface area contributed by atoms with Crippen LogP contribution in [0.4, 0.5) is 0 Å². The summed E-state index contributed by atoms with van der Waals surface area (Å²) < 4.78 is 21.9. The fraction of sp³-hybridized carbons (Fsp3) is 1.00. The lowest BCUT2D eigenvalue weighted by molar-refractivity contribution is 0.00992. The molecule has 7 nitrogen and oxygen atoms in total. The van der Waals surface area contributed by atoms with Crippen LogP contribution in [0.1, 0.15) is 13.8 Å². The minimum Gasteiger partial charge on any atom is -0.415 e. The summed E-state index contributed by atoms with van der Waals surface area (Å²) in [5.74, 6) is 0. The molecule has 0 radical (unpaired) electrons. The molecule has 0 aromatic carbocycles. The van der Waals surface area contributed by atoms with Crippen molar-refractivity contribution in [3.8, 4) is 0 Å². The summed E-state index contributed by atoms with van der Waals surface area (Å²) in [6, 6.07) is 0. The van der Waals surface area contributed by atoms with Crippen molar-refractivity contribution in [3.05, 3.63) is 10.4 Å². The number of hydrogen-bond donors (Lipinski definition) is 0. The Hall–Kier alpha value is -0.633. The molecular formula is C13H29N3O4Si. The summed E-state index contributed by atoms with van der Waals surface area (Å²) in [5.41, 5.74) is 8.67. The summed E-state index contributed by atoms with van der Waals surface area (Å²) in [7, 11) is -1.54. The van der Waals surface area contributed by atoms with Crippen molar-refractivity contribution < 1.29 is 18.6 Å². The van der Waals surface area contributed by atoms with E-state index in [0.29, 0.717) is 58.3 Å². The Kier molecular flexibility index (Phi) is 12.7. The third kappa shape index (κ3) is 12.8. The molecule has 0 amide bonds. The molecule has 0 saturated carbocycles. The van der Waals surface area contributed by atoms with Crippen LogP contribution in [0.25, 0.3) is 10.4 Å². The van der Waals surface area contributed by atoms with Gasteiger partial charge in [-0.3, -0.25) is 0 Å². The average Bonchev–Trinajstić information content (AvgIpc) is 2.43. The Morgan fingerprint density at radius 1 is 0.905 bits per heavy atom. The van der Waals surface area contributed by atoms with Gasteiger partial charge >= 0.3 is 0 Å². The van der Waals surface area contributed by atoms with Gasteiger partial charge in [0.2, 0.25) is 0 Å². The van der Waals surface area contributed by atoms with Crippen LogP contribution < -0.4 is 0 Å². The monoisotopic (exact) mass is 319 g/mol. The Bertz CT molecular complexity index is 297. The number of azide groups is 1. The van der Waals surface area contributed by atoms with E-state index in [9.17, 15) is 0 Å². The summed E-state index contributed by atoms with van der Waals surface area (Å²) in [5, 5.41) is 3.36. The molecule has 0 rings (SSSR count). The van der Waals surface area contributed by atoms with E-state index in [1.165, 1.54) is 0 Å². The summed E-state index contributed by atoms with van der Waals surface area (Å²) >= 11 is 0. The van der Waals surface area contributed by atoms with E-state index in [4.69, 9.17) is 24.2 Å². The number of hydrogen-bond acceptors (Lipinski definition) is 5. The number of nitrogens with zero attached hydrogens (tertiary/aromatic N) is 3. The van der Waals surface area contributed by atoms with Crippen LogP contribution >= 0.6 is 0 Å². The van der Waals surface area contributed by atoms with Gasteiger partial charge in [0.05, 0.1) is 46.2 Å². The van der Waals surface area contributed by atoms with Gasteiger partial charge in [-0.1, -0.05) is 19.0 Å². The van der Waals surface area contributed by atoms with Gasteiger partial charge in [-0.25, -0.2) is 0 Å². The van der Waals surface area contributed by atoms with Crippen molar-refractivity contribution in [3.63, 3.8) is 0 Å². The predicted octanol–water partition coefficient (Wildman–Crippen LogP) is 2.98. The fourth-order valence-corrected chi connectivity index (χ4v) is 2.17. The van der Waals surface area contributed by atoms with Gasteiger partial charge in [-0.2, -0.15) is 0 Å². The molecule has 0 unspecified atom stereocenters. The molecule has 0 N–H and O–H groups in total. The zero-order valence-electron chi connectivity index (χ0n) is 13.7. The Balaban J connectivity index is 3.21. The third-order valence-electron chi connectivity index (χ3n) is 3.24. The van der Waals surface area contributed by atoms with Gasteiger partial charge < -0.3 is 18.6 Å². The molecule has 0 aliphatic heterocycles. The highest BCUT2D eigenvalue weighted by atomic mass is 28.4. The molecule has 124 valence electrons. The van der Waals surface area contributed by atoms with Crippen molar-refractivity contribution in [2.45, 2.75) is 32.5 Å². The second kappa shape index (κ2) is 13.1. The molecule has 0 aliphatic rings. The van der Waals surface area contributed by atoms with Crippen molar-refractivity contribution >= 4 is 8.32 Å². The quantitative estimate of drug-likeness (QED) is 0.162. The minimum absolute atomic E-state index is 0.357. The molecule has 0 atom stereocenters. The Morgan fingerprint density at radius 2 is 1.38 bits per heavy atom. The lowest BCUT2D eigenvalue weighted by Gasteiger charge is -2.26. The van der Waals surface area contributed by atoms with Gasteiger partial charge in [0, 0.05) is 11.5 Å². The first kappa shape index (κ1) is 20.4. The molecule has 0 aliphatic carbocycles. The van der Waals surface area contributed by atoms with E-state index in [0.717, 1.165) is 0 Å². The first-order valence-corrected chi connectivity index (χ1v) is 10.4. The summed E-state index contributed by atoms with van der Waals surface area (Å²) in [6.45, 7) is 13.0. The predicted molar refractivity (Wildman–Crippen MR) is 85.0 cm³/mol. The molecule has 0 aromatic rings. The standard InChI is InChI=1S/C13H29N3O4Si/c1-13(2)21(3,4)20-12-11-19-10-9-18-8-7-17-6-5-15-16-14/h13H,5-12H2,1-4H3. The molecule has 0 spiro atoms. The van der Waals surface area contributed by atoms with Crippen molar-refractivity contribution in [2.24, 2.45) is 5.11 Å². The van der Waals surface area contributed by atoms with Crippen LogP contribution in [-0.4, -0.2) is 61.1 Å². The van der Waals surface area contributed by atoms with Crippen molar-refractivity contribution in [1.82, 2.24) is 0 Å². The molecule has 0 bridgehead atoms. The van der Waals surface area contributed by atoms with E-state index in [-0.39, 0.29) is 0 Å². The van der Waals surface area contributed by atoms with Crippen LogP contribution in [0.15, 0.2) is 5.11 Å². The van der Waals surface area contributed by atoms with Crippen molar-refractivity contribution in [2.75, 3.05) is 52.8 Å². The van der Waals surface area contributed by atoms with Gasteiger partial charge in [-0.05, 0) is 24.2 Å². The zero-order valence-corrected chi connectivity index (χ0v) is 14.7. The molecule has 0 fully saturated rings.